The molecule has 1 fully saturated rings. The Morgan fingerprint density at radius 1 is 1.16 bits per heavy atom. The molecule has 10 nitrogen and oxygen atoms in total. The lowest BCUT2D eigenvalue weighted by Crippen LogP contribution is -2.50. The number of piperazine rings is 1. The van der Waals surface area contributed by atoms with Gasteiger partial charge in [-0.2, -0.15) is 18.3 Å². The number of alkyl halides is 3. The number of pyridine rings is 1. The van der Waals surface area contributed by atoms with Crippen molar-refractivity contribution in [2.45, 2.75) is 26.3 Å². The number of aromatic nitrogens is 5. The molecule has 1 aliphatic heterocycles. The van der Waals surface area contributed by atoms with Crippen molar-refractivity contribution in [3.8, 4) is 5.69 Å². The summed E-state index contributed by atoms with van der Waals surface area (Å²) in [4.78, 5) is 37.6. The molecule has 1 aromatic carbocycles. The number of fused-ring (bicyclic) bond motifs is 2. The van der Waals surface area contributed by atoms with Crippen molar-refractivity contribution in [3.05, 3.63) is 65.0 Å². The molecule has 3 aromatic heterocycles. The third-order valence-electron chi connectivity index (χ3n) is 6.73. The summed E-state index contributed by atoms with van der Waals surface area (Å²) in [5.74, 6) is -0.216. The second-order valence-electron chi connectivity index (χ2n) is 9.04. The summed E-state index contributed by atoms with van der Waals surface area (Å²) in [6.45, 7) is 8.01. The van der Waals surface area contributed by atoms with Gasteiger partial charge in [0, 0.05) is 38.5 Å². The fourth-order valence-corrected chi connectivity index (χ4v) is 4.88. The van der Waals surface area contributed by atoms with Gasteiger partial charge in [-0.3, -0.25) is 19.1 Å². The molecule has 5 rings (SSSR count). The van der Waals surface area contributed by atoms with Crippen LogP contribution in [0, 0.1) is 6.92 Å². The molecule has 13 heteroatoms. The monoisotopic (exact) mass is 527 g/mol. The Balaban J connectivity index is 1.74. The third-order valence-corrected chi connectivity index (χ3v) is 6.73. The van der Waals surface area contributed by atoms with Crippen LogP contribution in [-0.4, -0.2) is 72.6 Å². The molecule has 38 heavy (non-hydrogen) atoms. The van der Waals surface area contributed by atoms with Crippen LogP contribution in [0.4, 0.5) is 19.0 Å². The van der Waals surface area contributed by atoms with Crippen LogP contribution in [0.25, 0.3) is 27.5 Å². The van der Waals surface area contributed by atoms with Gasteiger partial charge in [0.05, 0.1) is 22.8 Å². The minimum Gasteiger partial charge on any atom is -0.375 e. The number of aliphatic hydroxyl groups excluding tert-OH is 1. The smallest absolute Gasteiger partial charge is 0.375 e. The molecule has 0 bridgehead atoms. The fourth-order valence-electron chi connectivity index (χ4n) is 4.88. The number of rotatable bonds is 4. The zero-order chi connectivity index (χ0) is 27.4. The summed E-state index contributed by atoms with van der Waals surface area (Å²) in [7, 11) is 0. The van der Waals surface area contributed by atoms with Crippen molar-refractivity contribution in [3.63, 3.8) is 0 Å². The van der Waals surface area contributed by atoms with E-state index in [9.17, 15) is 27.9 Å². The molecule has 4 aromatic rings. The van der Waals surface area contributed by atoms with E-state index in [0.29, 0.717) is 36.3 Å². The number of carbonyl (C=O) groups excluding carboxylic acids is 1. The van der Waals surface area contributed by atoms with E-state index < -0.39 is 29.6 Å². The van der Waals surface area contributed by atoms with E-state index >= 15 is 0 Å². The molecule has 0 radical (unpaired) electrons. The van der Waals surface area contributed by atoms with Crippen molar-refractivity contribution >= 4 is 33.5 Å². The molecule has 0 spiro atoms. The average molecular weight is 528 g/mol. The molecule has 4 heterocycles. The summed E-state index contributed by atoms with van der Waals surface area (Å²) in [6, 6.07) is 4.01. The predicted molar refractivity (Wildman–Crippen MR) is 134 cm³/mol. The largest absolute Gasteiger partial charge is 0.431 e. The zero-order valence-electron chi connectivity index (χ0n) is 20.6. The van der Waals surface area contributed by atoms with E-state index in [1.807, 2.05) is 0 Å². The van der Waals surface area contributed by atoms with Crippen LogP contribution in [0.1, 0.15) is 23.0 Å². The summed E-state index contributed by atoms with van der Waals surface area (Å²) in [6.07, 6.45) is -1.91. The standard InChI is InChI=1S/C25H24F3N7O3/c1-4-20(37)32-7-9-33(10-8-32)23-16-11-19(25(26,27)28)34(24(38)21(16)29-13-30-23)22-14(2)5-6-18-17(22)12-31-35(18)15(3)36/h4-6,11-13,20,37H,1,7-10H2,2-3H3. The van der Waals surface area contributed by atoms with Crippen molar-refractivity contribution in [1.82, 2.24) is 29.2 Å². The Bertz CT molecular complexity index is 1640. The van der Waals surface area contributed by atoms with Gasteiger partial charge in [-0.05, 0) is 30.7 Å². The predicted octanol–water partition coefficient (Wildman–Crippen LogP) is 2.74. The van der Waals surface area contributed by atoms with E-state index in [0.717, 1.165) is 17.1 Å². The molecule has 1 saturated heterocycles. The number of aliphatic hydroxyl groups is 1. The van der Waals surface area contributed by atoms with Crippen LogP contribution in [0.3, 0.4) is 0 Å². The Kier molecular flexibility index (Phi) is 6.27. The van der Waals surface area contributed by atoms with Crippen LogP contribution >= 0.6 is 0 Å². The Hall–Kier alpha value is -4.10. The highest BCUT2D eigenvalue weighted by molar-refractivity contribution is 5.96. The SMILES string of the molecule is C=CC(O)N1CCN(c2ncnc3c(=O)n(-c4c(C)ccc5c4cnn5C(C)=O)c(C(F)(F)F)cc23)CC1. The second-order valence-corrected chi connectivity index (χ2v) is 9.04. The molecule has 1 aliphatic rings. The lowest BCUT2D eigenvalue weighted by Gasteiger charge is -2.37. The van der Waals surface area contributed by atoms with E-state index in [1.54, 1.807) is 22.8 Å². The highest BCUT2D eigenvalue weighted by Crippen LogP contribution is 2.36. The molecule has 1 atom stereocenters. The number of hydrogen-bond acceptors (Lipinski definition) is 8. The number of halogens is 3. The van der Waals surface area contributed by atoms with Gasteiger partial charge in [0.25, 0.3) is 5.56 Å². The molecule has 1 N–H and O–H groups in total. The summed E-state index contributed by atoms with van der Waals surface area (Å²) >= 11 is 0. The van der Waals surface area contributed by atoms with Crippen LogP contribution in [-0.2, 0) is 6.18 Å². The number of nitrogens with zero attached hydrogens (tertiary/aromatic N) is 7. The first-order chi connectivity index (χ1) is 18.0. The fraction of sp³-hybridized carbons (Fsp3) is 0.320. The van der Waals surface area contributed by atoms with Crippen molar-refractivity contribution in [1.29, 1.82) is 0 Å². The van der Waals surface area contributed by atoms with Crippen LogP contribution < -0.4 is 10.5 Å². The second kappa shape index (κ2) is 9.33. The van der Waals surface area contributed by atoms with Crippen molar-refractivity contribution in [2.75, 3.05) is 31.1 Å². The Morgan fingerprint density at radius 2 is 1.87 bits per heavy atom. The zero-order valence-corrected chi connectivity index (χ0v) is 20.6. The maximum Gasteiger partial charge on any atom is 0.431 e. The van der Waals surface area contributed by atoms with E-state index in [1.165, 1.54) is 25.3 Å². The number of hydrogen-bond donors (Lipinski definition) is 1. The molecule has 0 saturated carbocycles. The van der Waals surface area contributed by atoms with Gasteiger partial charge < -0.3 is 10.0 Å². The van der Waals surface area contributed by atoms with E-state index in [2.05, 4.69) is 21.6 Å². The normalized spacial score (nSPS) is 15.8. The lowest BCUT2D eigenvalue weighted by atomic mass is 10.1. The van der Waals surface area contributed by atoms with E-state index in [4.69, 9.17) is 0 Å². The van der Waals surface area contributed by atoms with Gasteiger partial charge in [-0.25, -0.2) is 14.6 Å². The number of carbonyl (C=O) groups is 1. The first-order valence-corrected chi connectivity index (χ1v) is 11.8. The quantitative estimate of drug-likeness (QED) is 0.404. The highest BCUT2D eigenvalue weighted by atomic mass is 19.4. The van der Waals surface area contributed by atoms with E-state index in [-0.39, 0.29) is 33.3 Å². The molecule has 0 aliphatic carbocycles. The number of benzene rings is 1. The summed E-state index contributed by atoms with van der Waals surface area (Å²) < 4.78 is 45.3. The van der Waals surface area contributed by atoms with Crippen LogP contribution in [0.15, 0.2) is 48.2 Å². The molecular formula is C25H24F3N7O3. The first kappa shape index (κ1) is 25.5. The minimum atomic E-state index is -4.90. The number of anilines is 1. The maximum atomic E-state index is 14.5. The van der Waals surface area contributed by atoms with Crippen LogP contribution in [0.5, 0.6) is 0 Å². The molecular weight excluding hydrogens is 503 g/mol. The summed E-state index contributed by atoms with van der Waals surface area (Å²) in [5, 5.41) is 14.2. The van der Waals surface area contributed by atoms with Crippen molar-refractivity contribution in [2.24, 2.45) is 0 Å². The molecule has 198 valence electrons. The van der Waals surface area contributed by atoms with Gasteiger partial charge in [-0.15, -0.1) is 0 Å². The third kappa shape index (κ3) is 4.13. The van der Waals surface area contributed by atoms with Gasteiger partial charge in [0.2, 0.25) is 5.91 Å². The topological polar surface area (TPSA) is 109 Å². The highest BCUT2D eigenvalue weighted by Gasteiger charge is 2.37. The first-order valence-electron chi connectivity index (χ1n) is 11.8. The van der Waals surface area contributed by atoms with Crippen molar-refractivity contribution < 1.29 is 23.1 Å². The Morgan fingerprint density at radius 3 is 2.50 bits per heavy atom. The summed E-state index contributed by atoms with van der Waals surface area (Å²) in [5.41, 5.74) is -1.70. The van der Waals surface area contributed by atoms with Gasteiger partial charge in [0.15, 0.2) is 0 Å². The van der Waals surface area contributed by atoms with Gasteiger partial charge in [0.1, 0.15) is 29.6 Å². The molecule has 1 unspecified atom stereocenters. The van der Waals surface area contributed by atoms with Gasteiger partial charge in [-0.1, -0.05) is 12.6 Å². The molecule has 0 amide bonds. The van der Waals surface area contributed by atoms with Gasteiger partial charge >= 0.3 is 6.18 Å². The average Bonchev–Trinajstić information content (AvgIpc) is 3.32. The Labute approximate surface area is 214 Å². The number of aryl methyl sites for hydroxylation is 1. The lowest BCUT2D eigenvalue weighted by molar-refractivity contribution is -0.142. The minimum absolute atomic E-state index is 0.0250. The maximum absolute atomic E-state index is 14.5. The van der Waals surface area contributed by atoms with Crippen LogP contribution in [0.2, 0.25) is 0 Å².